The molecule has 6 nitrogen and oxygen atoms in total. The molecular weight excluding hydrogens is 306 g/mol. The number of imide groups is 1. The number of benzene rings is 1. The highest BCUT2D eigenvalue weighted by molar-refractivity contribution is 6.30. The van der Waals surface area contributed by atoms with Crippen LogP contribution in [0, 0.1) is 0 Å². The van der Waals surface area contributed by atoms with Crippen LogP contribution in [0.4, 0.5) is 4.79 Å². The predicted octanol–water partition coefficient (Wildman–Crippen LogP) is 1.63. The number of nitrogens with zero attached hydrogens (tertiary/aromatic N) is 2. The largest absolute Gasteiger partial charge is 0.350 e. The third-order valence-electron chi connectivity index (χ3n) is 3.81. The van der Waals surface area contributed by atoms with Crippen molar-refractivity contribution >= 4 is 29.4 Å². The van der Waals surface area contributed by atoms with Crippen molar-refractivity contribution in [2.24, 2.45) is 0 Å². The van der Waals surface area contributed by atoms with Gasteiger partial charge in [0.25, 0.3) is 5.91 Å². The zero-order valence-electron chi connectivity index (χ0n) is 12.7. The quantitative estimate of drug-likeness (QED) is 0.856. The molecule has 0 radical (unpaired) electrons. The Morgan fingerprint density at radius 3 is 2.55 bits per heavy atom. The Morgan fingerprint density at radius 2 is 2.00 bits per heavy atom. The van der Waals surface area contributed by atoms with Crippen LogP contribution in [0.5, 0.6) is 0 Å². The average Bonchev–Trinajstić information content (AvgIpc) is 2.60. The highest BCUT2D eigenvalue weighted by atomic mass is 35.5. The van der Waals surface area contributed by atoms with E-state index in [0.29, 0.717) is 5.02 Å². The molecule has 118 valence electrons. The Morgan fingerprint density at radius 1 is 1.32 bits per heavy atom. The van der Waals surface area contributed by atoms with E-state index in [1.54, 1.807) is 39.1 Å². The molecule has 2 rings (SSSR count). The minimum atomic E-state index is -0.926. The number of amides is 4. The van der Waals surface area contributed by atoms with Gasteiger partial charge in [0.15, 0.2) is 0 Å². The lowest BCUT2D eigenvalue weighted by molar-refractivity contribution is -0.135. The lowest BCUT2D eigenvalue weighted by Crippen LogP contribution is -2.43. The molecule has 0 spiro atoms. The fraction of sp³-hybridized carbons (Fsp3) is 0.400. The van der Waals surface area contributed by atoms with Crippen LogP contribution >= 0.6 is 11.6 Å². The normalized spacial score (nSPS) is 17.1. The Balaban J connectivity index is 1.95. The molecule has 0 atom stereocenters. The van der Waals surface area contributed by atoms with Gasteiger partial charge in [-0.15, -0.1) is 0 Å². The summed E-state index contributed by atoms with van der Waals surface area (Å²) in [6, 6.07) is 6.63. The summed E-state index contributed by atoms with van der Waals surface area (Å²) in [4.78, 5) is 38.4. The van der Waals surface area contributed by atoms with Gasteiger partial charge in [0, 0.05) is 18.6 Å². The number of likely N-dealkylation sites (N-methyl/N-ethyl adjacent to an activating group) is 1. The predicted molar refractivity (Wildman–Crippen MR) is 82.2 cm³/mol. The van der Waals surface area contributed by atoms with Crippen LogP contribution in [-0.2, 0) is 16.1 Å². The highest BCUT2D eigenvalue weighted by Crippen LogP contribution is 2.25. The van der Waals surface area contributed by atoms with Crippen LogP contribution in [0.25, 0.3) is 0 Å². The first-order chi connectivity index (χ1) is 10.2. The van der Waals surface area contributed by atoms with Gasteiger partial charge in [-0.25, -0.2) is 4.79 Å². The highest BCUT2D eigenvalue weighted by Gasteiger charge is 2.49. The van der Waals surface area contributed by atoms with Crippen molar-refractivity contribution in [3.63, 3.8) is 0 Å². The molecule has 0 saturated carbocycles. The zero-order valence-corrected chi connectivity index (χ0v) is 13.5. The van der Waals surface area contributed by atoms with Gasteiger partial charge >= 0.3 is 6.03 Å². The number of hydrogen-bond donors (Lipinski definition) is 1. The molecule has 0 aromatic heterocycles. The molecule has 0 aliphatic carbocycles. The Kier molecular flexibility index (Phi) is 4.42. The first-order valence-electron chi connectivity index (χ1n) is 6.84. The van der Waals surface area contributed by atoms with Crippen LogP contribution in [0.2, 0.25) is 5.02 Å². The third-order valence-corrected chi connectivity index (χ3v) is 4.04. The van der Waals surface area contributed by atoms with Gasteiger partial charge in [0.1, 0.15) is 12.1 Å². The second-order valence-electron chi connectivity index (χ2n) is 5.70. The van der Waals surface area contributed by atoms with Crippen LogP contribution < -0.4 is 5.32 Å². The molecule has 1 aliphatic heterocycles. The van der Waals surface area contributed by atoms with Crippen LogP contribution in [0.15, 0.2) is 24.3 Å². The van der Waals surface area contributed by atoms with Gasteiger partial charge in [-0.05, 0) is 31.5 Å². The molecule has 22 heavy (non-hydrogen) atoms. The lowest BCUT2D eigenvalue weighted by Gasteiger charge is -2.22. The summed E-state index contributed by atoms with van der Waals surface area (Å²) in [6.07, 6.45) is 0. The van der Waals surface area contributed by atoms with E-state index in [4.69, 9.17) is 11.6 Å². The second-order valence-corrected chi connectivity index (χ2v) is 6.13. The maximum Gasteiger partial charge on any atom is 0.327 e. The summed E-state index contributed by atoms with van der Waals surface area (Å²) in [5, 5.41) is 3.26. The van der Waals surface area contributed by atoms with Crippen molar-refractivity contribution in [1.29, 1.82) is 0 Å². The maximum atomic E-state index is 12.2. The van der Waals surface area contributed by atoms with Crippen molar-refractivity contribution in [2.75, 3.05) is 13.6 Å². The second kappa shape index (κ2) is 5.96. The SMILES string of the molecule is CN1C(=O)N(CC(=O)NCc2cccc(Cl)c2)C(=O)C1(C)C. The smallest absolute Gasteiger partial charge is 0.327 e. The molecule has 7 heteroatoms. The van der Waals surface area contributed by atoms with E-state index in [2.05, 4.69) is 5.32 Å². The van der Waals surface area contributed by atoms with E-state index < -0.39 is 17.5 Å². The van der Waals surface area contributed by atoms with Crippen LogP contribution in [0.3, 0.4) is 0 Å². The summed E-state index contributed by atoms with van der Waals surface area (Å²) >= 11 is 5.87. The number of nitrogens with one attached hydrogen (secondary N) is 1. The molecule has 1 aliphatic rings. The van der Waals surface area contributed by atoms with Gasteiger partial charge in [-0.2, -0.15) is 0 Å². The van der Waals surface area contributed by atoms with Crippen molar-refractivity contribution in [3.8, 4) is 0 Å². The Hall–Kier alpha value is -2.08. The first kappa shape index (κ1) is 16.3. The van der Waals surface area contributed by atoms with E-state index in [1.807, 2.05) is 6.07 Å². The van der Waals surface area contributed by atoms with E-state index in [0.717, 1.165) is 10.5 Å². The average molecular weight is 324 g/mol. The first-order valence-corrected chi connectivity index (χ1v) is 7.22. The monoisotopic (exact) mass is 323 g/mol. The minimum Gasteiger partial charge on any atom is -0.350 e. The molecule has 0 unspecified atom stereocenters. The summed E-state index contributed by atoms with van der Waals surface area (Å²) in [6.45, 7) is 3.30. The molecule has 1 aromatic carbocycles. The molecule has 0 bridgehead atoms. The van der Waals surface area contributed by atoms with Crippen molar-refractivity contribution in [3.05, 3.63) is 34.9 Å². The van der Waals surface area contributed by atoms with Crippen molar-refractivity contribution < 1.29 is 14.4 Å². The summed E-state index contributed by atoms with van der Waals surface area (Å²) in [7, 11) is 1.55. The Labute approximate surface area is 134 Å². The number of urea groups is 1. The van der Waals surface area contributed by atoms with Crippen LogP contribution in [-0.4, -0.2) is 46.8 Å². The van der Waals surface area contributed by atoms with Crippen LogP contribution in [0.1, 0.15) is 19.4 Å². The number of carbonyl (C=O) groups excluding carboxylic acids is 3. The molecular formula is C15H18ClN3O3. The lowest BCUT2D eigenvalue weighted by atomic mass is 10.1. The number of hydrogen-bond acceptors (Lipinski definition) is 3. The molecule has 1 fully saturated rings. The van der Waals surface area contributed by atoms with E-state index >= 15 is 0 Å². The van der Waals surface area contributed by atoms with Gasteiger partial charge in [0.2, 0.25) is 5.91 Å². The minimum absolute atomic E-state index is 0.286. The van der Waals surface area contributed by atoms with E-state index in [9.17, 15) is 14.4 Å². The number of carbonyl (C=O) groups is 3. The van der Waals surface area contributed by atoms with Gasteiger partial charge < -0.3 is 10.2 Å². The topological polar surface area (TPSA) is 69.7 Å². The van der Waals surface area contributed by atoms with E-state index in [1.165, 1.54) is 4.90 Å². The zero-order chi connectivity index (χ0) is 16.5. The summed E-state index contributed by atoms with van der Waals surface area (Å²) < 4.78 is 0. The van der Waals surface area contributed by atoms with Crippen molar-refractivity contribution in [2.45, 2.75) is 25.9 Å². The number of rotatable bonds is 4. The molecule has 1 saturated heterocycles. The number of halogens is 1. The fourth-order valence-electron chi connectivity index (χ4n) is 2.17. The summed E-state index contributed by atoms with van der Waals surface area (Å²) in [5.41, 5.74) is -0.0815. The van der Waals surface area contributed by atoms with Gasteiger partial charge in [-0.1, -0.05) is 23.7 Å². The molecule has 1 heterocycles. The molecule has 4 amide bonds. The van der Waals surface area contributed by atoms with Gasteiger partial charge in [-0.3, -0.25) is 14.5 Å². The van der Waals surface area contributed by atoms with Crippen molar-refractivity contribution in [1.82, 2.24) is 15.1 Å². The van der Waals surface area contributed by atoms with E-state index in [-0.39, 0.29) is 19.0 Å². The fourth-order valence-corrected chi connectivity index (χ4v) is 2.38. The molecule has 1 N–H and O–H groups in total. The molecule has 1 aromatic rings. The third kappa shape index (κ3) is 3.06. The Bertz CT molecular complexity index is 630. The van der Waals surface area contributed by atoms with Gasteiger partial charge in [0.05, 0.1) is 0 Å². The summed E-state index contributed by atoms with van der Waals surface area (Å²) in [5.74, 6) is -0.773. The maximum absolute atomic E-state index is 12.2. The standard InChI is InChI=1S/C15H18ClN3O3/c1-15(2)13(21)19(14(22)18(15)3)9-12(20)17-8-10-5-4-6-11(16)7-10/h4-7H,8-9H2,1-3H3,(H,17,20).